The topological polar surface area (TPSA) is 50.9 Å². The van der Waals surface area contributed by atoms with Crippen molar-refractivity contribution in [3.63, 3.8) is 0 Å². The SMILES string of the molecule is Nc1ccnc(Nc2ccsc2)c1. The van der Waals surface area contributed by atoms with E-state index < -0.39 is 0 Å². The minimum absolute atomic E-state index is 0.715. The summed E-state index contributed by atoms with van der Waals surface area (Å²) >= 11 is 1.64. The normalized spacial score (nSPS) is 9.85. The first-order valence-electron chi connectivity index (χ1n) is 3.85. The Hall–Kier alpha value is -1.55. The van der Waals surface area contributed by atoms with E-state index in [1.807, 2.05) is 16.8 Å². The second kappa shape index (κ2) is 3.45. The third-order valence-corrected chi connectivity index (χ3v) is 2.26. The predicted octanol–water partition coefficient (Wildman–Crippen LogP) is 2.47. The van der Waals surface area contributed by atoms with Gasteiger partial charge in [0.05, 0.1) is 5.69 Å². The van der Waals surface area contributed by atoms with Crippen molar-refractivity contribution >= 4 is 28.5 Å². The van der Waals surface area contributed by atoms with Crippen LogP contribution in [0.1, 0.15) is 0 Å². The fraction of sp³-hybridized carbons (Fsp3) is 0. The van der Waals surface area contributed by atoms with Gasteiger partial charge in [0.25, 0.3) is 0 Å². The number of thiophene rings is 1. The highest BCUT2D eigenvalue weighted by Gasteiger charge is 1.95. The molecule has 0 aliphatic heterocycles. The molecular weight excluding hydrogens is 182 g/mol. The Morgan fingerprint density at radius 3 is 3.00 bits per heavy atom. The number of pyridine rings is 1. The lowest BCUT2D eigenvalue weighted by molar-refractivity contribution is 1.31. The van der Waals surface area contributed by atoms with Gasteiger partial charge < -0.3 is 11.1 Å². The summed E-state index contributed by atoms with van der Waals surface area (Å²) in [5, 5.41) is 7.17. The average Bonchev–Trinajstić information content (AvgIpc) is 2.57. The van der Waals surface area contributed by atoms with E-state index in [0.717, 1.165) is 11.5 Å². The first-order chi connectivity index (χ1) is 6.34. The van der Waals surface area contributed by atoms with Gasteiger partial charge in [0.1, 0.15) is 5.82 Å². The molecule has 2 aromatic rings. The molecule has 3 N–H and O–H groups in total. The fourth-order valence-corrected chi connectivity index (χ4v) is 1.59. The lowest BCUT2D eigenvalue weighted by atomic mass is 10.4. The Morgan fingerprint density at radius 2 is 2.31 bits per heavy atom. The average molecular weight is 191 g/mol. The molecule has 2 aromatic heterocycles. The van der Waals surface area contributed by atoms with Crippen molar-refractivity contribution in [2.75, 3.05) is 11.1 Å². The number of nitrogens with two attached hydrogens (primary N) is 1. The maximum absolute atomic E-state index is 5.61. The van der Waals surface area contributed by atoms with Crippen LogP contribution in [0.4, 0.5) is 17.2 Å². The number of hydrogen-bond donors (Lipinski definition) is 2. The zero-order valence-corrected chi connectivity index (χ0v) is 7.71. The van der Waals surface area contributed by atoms with Gasteiger partial charge in [-0.1, -0.05) is 0 Å². The number of hydrogen-bond acceptors (Lipinski definition) is 4. The maximum atomic E-state index is 5.61. The van der Waals surface area contributed by atoms with E-state index in [4.69, 9.17) is 5.73 Å². The smallest absolute Gasteiger partial charge is 0.132 e. The van der Waals surface area contributed by atoms with Crippen LogP contribution in [0.2, 0.25) is 0 Å². The second-order valence-electron chi connectivity index (χ2n) is 2.61. The van der Waals surface area contributed by atoms with Crippen LogP contribution < -0.4 is 11.1 Å². The zero-order chi connectivity index (χ0) is 9.10. The van der Waals surface area contributed by atoms with E-state index in [1.165, 1.54) is 0 Å². The van der Waals surface area contributed by atoms with E-state index in [-0.39, 0.29) is 0 Å². The molecule has 0 amide bonds. The van der Waals surface area contributed by atoms with E-state index in [0.29, 0.717) is 5.69 Å². The molecule has 0 unspecified atom stereocenters. The predicted molar refractivity (Wildman–Crippen MR) is 56.3 cm³/mol. The molecule has 0 saturated heterocycles. The lowest BCUT2D eigenvalue weighted by Crippen LogP contribution is -1.93. The first-order valence-corrected chi connectivity index (χ1v) is 4.79. The maximum Gasteiger partial charge on any atom is 0.132 e. The van der Waals surface area contributed by atoms with Gasteiger partial charge in [0.2, 0.25) is 0 Å². The zero-order valence-electron chi connectivity index (χ0n) is 6.90. The molecule has 0 radical (unpaired) electrons. The number of nitrogens with zero attached hydrogens (tertiary/aromatic N) is 1. The Labute approximate surface area is 80.2 Å². The summed E-state index contributed by atoms with van der Waals surface area (Å²) in [6.07, 6.45) is 1.68. The molecule has 3 nitrogen and oxygen atoms in total. The molecule has 2 rings (SSSR count). The molecule has 0 spiro atoms. The number of nitrogens with one attached hydrogen (secondary N) is 1. The van der Waals surface area contributed by atoms with Gasteiger partial charge >= 0.3 is 0 Å². The molecule has 4 heteroatoms. The third-order valence-electron chi connectivity index (χ3n) is 1.58. The van der Waals surface area contributed by atoms with Crippen LogP contribution in [0.3, 0.4) is 0 Å². The summed E-state index contributed by atoms with van der Waals surface area (Å²) in [5.74, 6) is 0.776. The van der Waals surface area contributed by atoms with E-state index in [1.54, 1.807) is 29.7 Å². The summed E-state index contributed by atoms with van der Waals surface area (Å²) in [5.41, 5.74) is 7.37. The van der Waals surface area contributed by atoms with E-state index in [9.17, 15) is 0 Å². The Morgan fingerprint density at radius 1 is 1.38 bits per heavy atom. The third kappa shape index (κ3) is 1.97. The number of nitrogen functional groups attached to an aromatic ring is 1. The minimum Gasteiger partial charge on any atom is -0.399 e. The van der Waals surface area contributed by atoms with Crippen molar-refractivity contribution in [1.82, 2.24) is 4.98 Å². The highest BCUT2D eigenvalue weighted by Crippen LogP contribution is 2.18. The largest absolute Gasteiger partial charge is 0.399 e. The molecule has 0 bridgehead atoms. The van der Waals surface area contributed by atoms with Crippen LogP contribution in [0.15, 0.2) is 35.2 Å². The Kier molecular flexibility index (Phi) is 2.14. The molecule has 2 heterocycles. The highest BCUT2D eigenvalue weighted by molar-refractivity contribution is 7.08. The van der Waals surface area contributed by atoms with E-state index >= 15 is 0 Å². The van der Waals surface area contributed by atoms with Gasteiger partial charge in [-0.2, -0.15) is 11.3 Å². The highest BCUT2D eigenvalue weighted by atomic mass is 32.1. The van der Waals surface area contributed by atoms with Crippen LogP contribution in [-0.2, 0) is 0 Å². The van der Waals surface area contributed by atoms with Crippen molar-refractivity contribution in [1.29, 1.82) is 0 Å². The van der Waals surface area contributed by atoms with Gasteiger partial charge in [-0.15, -0.1) is 0 Å². The van der Waals surface area contributed by atoms with E-state index in [2.05, 4.69) is 10.3 Å². The van der Waals surface area contributed by atoms with Crippen molar-refractivity contribution < 1.29 is 0 Å². The molecule has 13 heavy (non-hydrogen) atoms. The Balaban J connectivity index is 2.19. The summed E-state index contributed by atoms with van der Waals surface area (Å²) < 4.78 is 0. The van der Waals surface area contributed by atoms with Gasteiger partial charge in [-0.05, 0) is 17.5 Å². The molecule has 66 valence electrons. The molecule has 0 atom stereocenters. The first kappa shape index (κ1) is 8.07. The summed E-state index contributed by atoms with van der Waals surface area (Å²) in [7, 11) is 0. The van der Waals surface area contributed by atoms with Crippen molar-refractivity contribution in [2.45, 2.75) is 0 Å². The summed E-state index contributed by atoms with van der Waals surface area (Å²) in [6, 6.07) is 5.56. The molecule has 0 aromatic carbocycles. The van der Waals surface area contributed by atoms with Crippen LogP contribution >= 0.6 is 11.3 Å². The van der Waals surface area contributed by atoms with Crippen molar-refractivity contribution in [3.05, 3.63) is 35.2 Å². The standard InChI is InChI=1S/C9H9N3S/c10-7-1-3-11-9(5-7)12-8-2-4-13-6-8/h1-6H,(H3,10,11,12). The number of aromatic nitrogens is 1. The summed E-state index contributed by atoms with van der Waals surface area (Å²) in [4.78, 5) is 4.13. The van der Waals surface area contributed by atoms with Gasteiger partial charge in [0.15, 0.2) is 0 Å². The van der Waals surface area contributed by atoms with Gasteiger partial charge in [-0.3, -0.25) is 0 Å². The number of rotatable bonds is 2. The van der Waals surface area contributed by atoms with Gasteiger partial charge in [-0.25, -0.2) is 4.98 Å². The Bertz CT molecular complexity index is 384. The molecule has 0 aliphatic carbocycles. The van der Waals surface area contributed by atoms with Crippen molar-refractivity contribution in [2.24, 2.45) is 0 Å². The molecule has 0 saturated carbocycles. The van der Waals surface area contributed by atoms with Gasteiger partial charge in [0, 0.05) is 23.3 Å². The van der Waals surface area contributed by atoms with Crippen LogP contribution in [0, 0.1) is 0 Å². The fourth-order valence-electron chi connectivity index (χ4n) is 0.999. The number of anilines is 3. The van der Waals surface area contributed by atoms with Crippen LogP contribution in [0.25, 0.3) is 0 Å². The lowest BCUT2D eigenvalue weighted by Gasteiger charge is -2.02. The quantitative estimate of drug-likeness (QED) is 0.766. The van der Waals surface area contributed by atoms with Crippen LogP contribution in [-0.4, -0.2) is 4.98 Å². The minimum atomic E-state index is 0.715. The molecule has 0 fully saturated rings. The van der Waals surface area contributed by atoms with Crippen LogP contribution in [0.5, 0.6) is 0 Å². The molecular formula is C9H9N3S. The molecule has 0 aliphatic rings. The monoisotopic (exact) mass is 191 g/mol. The second-order valence-corrected chi connectivity index (χ2v) is 3.39. The van der Waals surface area contributed by atoms with Crippen molar-refractivity contribution in [3.8, 4) is 0 Å². The summed E-state index contributed by atoms with van der Waals surface area (Å²) in [6.45, 7) is 0.